The van der Waals surface area contributed by atoms with Crippen molar-refractivity contribution in [3.8, 4) is 0 Å². The van der Waals surface area contributed by atoms with E-state index in [1.165, 1.54) is 11.0 Å². The van der Waals surface area contributed by atoms with Crippen LogP contribution in [0.4, 0.5) is 14.9 Å². The molecule has 1 aliphatic rings. The van der Waals surface area contributed by atoms with E-state index >= 15 is 0 Å². The first-order valence-electron chi connectivity index (χ1n) is 8.50. The molecular formula is C17H18FN5O4S. The van der Waals surface area contributed by atoms with E-state index in [2.05, 4.69) is 20.8 Å². The highest BCUT2D eigenvalue weighted by Crippen LogP contribution is 2.18. The zero-order valence-corrected chi connectivity index (χ0v) is 15.8. The molecule has 1 fully saturated rings. The van der Waals surface area contributed by atoms with Crippen molar-refractivity contribution in [1.82, 2.24) is 20.4 Å². The van der Waals surface area contributed by atoms with Crippen LogP contribution in [0, 0.1) is 12.7 Å². The molecule has 0 unspecified atom stereocenters. The molecule has 0 spiro atoms. The monoisotopic (exact) mass is 407 g/mol. The Kier molecular flexibility index (Phi) is 6.24. The molecular weight excluding hydrogens is 389 g/mol. The molecule has 0 atom stereocenters. The number of rotatable bonds is 7. The molecule has 0 saturated carbocycles. The van der Waals surface area contributed by atoms with E-state index in [4.69, 9.17) is 4.42 Å². The van der Waals surface area contributed by atoms with E-state index in [-0.39, 0.29) is 29.2 Å². The number of hydrogen-bond donors (Lipinski definition) is 2. The molecule has 28 heavy (non-hydrogen) atoms. The van der Waals surface area contributed by atoms with E-state index in [9.17, 15) is 18.8 Å². The fourth-order valence-corrected chi connectivity index (χ4v) is 3.02. The first-order chi connectivity index (χ1) is 13.4. The number of anilines is 1. The Morgan fingerprint density at radius 3 is 2.96 bits per heavy atom. The predicted molar refractivity (Wildman–Crippen MR) is 98.2 cm³/mol. The van der Waals surface area contributed by atoms with Crippen molar-refractivity contribution in [2.75, 3.05) is 24.2 Å². The lowest BCUT2D eigenvalue weighted by Gasteiger charge is -2.25. The number of aromatic nitrogens is 2. The van der Waals surface area contributed by atoms with Crippen molar-refractivity contribution in [2.45, 2.75) is 25.0 Å². The van der Waals surface area contributed by atoms with Gasteiger partial charge in [0.2, 0.25) is 17.7 Å². The molecule has 2 heterocycles. The number of nitrogens with zero attached hydrogens (tertiary/aromatic N) is 3. The SMILES string of the molecule is Cc1ccc(NC(=O)CSc2nnc(CCN3CCC(=O)NC3=O)o2)cc1F. The van der Waals surface area contributed by atoms with Gasteiger partial charge in [-0.15, -0.1) is 10.2 Å². The summed E-state index contributed by atoms with van der Waals surface area (Å²) in [6, 6.07) is 4.03. The van der Waals surface area contributed by atoms with Crippen LogP contribution in [0.5, 0.6) is 0 Å². The first kappa shape index (κ1) is 19.8. The van der Waals surface area contributed by atoms with Gasteiger partial charge >= 0.3 is 6.03 Å². The third-order valence-electron chi connectivity index (χ3n) is 3.97. The van der Waals surface area contributed by atoms with Crippen LogP contribution in [0.15, 0.2) is 27.8 Å². The van der Waals surface area contributed by atoms with Gasteiger partial charge in [0.1, 0.15) is 5.82 Å². The highest BCUT2D eigenvalue weighted by molar-refractivity contribution is 7.99. The summed E-state index contributed by atoms with van der Waals surface area (Å²) in [4.78, 5) is 36.2. The minimum Gasteiger partial charge on any atom is -0.416 e. The molecule has 11 heteroatoms. The normalized spacial score (nSPS) is 14.1. The van der Waals surface area contributed by atoms with Crippen LogP contribution < -0.4 is 10.6 Å². The minimum atomic E-state index is -0.436. The van der Waals surface area contributed by atoms with Crippen LogP contribution in [0.1, 0.15) is 17.9 Å². The first-order valence-corrected chi connectivity index (χ1v) is 9.49. The van der Waals surface area contributed by atoms with E-state index < -0.39 is 11.8 Å². The van der Waals surface area contributed by atoms with Gasteiger partial charge < -0.3 is 14.6 Å². The highest BCUT2D eigenvalue weighted by atomic mass is 32.2. The number of imide groups is 1. The van der Waals surface area contributed by atoms with Gasteiger partial charge in [-0.3, -0.25) is 14.9 Å². The van der Waals surface area contributed by atoms with Gasteiger partial charge in [0.05, 0.1) is 5.75 Å². The van der Waals surface area contributed by atoms with Gasteiger partial charge in [-0.05, 0) is 24.6 Å². The van der Waals surface area contributed by atoms with E-state index in [1.54, 1.807) is 19.1 Å². The number of nitrogens with one attached hydrogen (secondary N) is 2. The molecule has 1 saturated heterocycles. The lowest BCUT2D eigenvalue weighted by atomic mass is 10.2. The van der Waals surface area contributed by atoms with Crippen molar-refractivity contribution in [2.24, 2.45) is 0 Å². The highest BCUT2D eigenvalue weighted by Gasteiger charge is 2.23. The van der Waals surface area contributed by atoms with Crippen LogP contribution in [-0.2, 0) is 16.0 Å². The number of urea groups is 1. The Labute approximate surface area is 164 Å². The number of aryl methyl sites for hydroxylation is 1. The molecule has 148 valence electrons. The second kappa shape index (κ2) is 8.83. The number of amides is 4. The predicted octanol–water partition coefficient (Wildman–Crippen LogP) is 1.73. The summed E-state index contributed by atoms with van der Waals surface area (Å²) in [5.74, 6) is -0.660. The quantitative estimate of drug-likeness (QED) is 0.671. The van der Waals surface area contributed by atoms with Crippen molar-refractivity contribution in [3.63, 3.8) is 0 Å². The van der Waals surface area contributed by atoms with Crippen molar-refractivity contribution >= 4 is 35.3 Å². The summed E-state index contributed by atoms with van der Waals surface area (Å²) >= 11 is 1.05. The molecule has 0 bridgehead atoms. The smallest absolute Gasteiger partial charge is 0.324 e. The minimum absolute atomic E-state index is 0.0216. The van der Waals surface area contributed by atoms with Gasteiger partial charge in [0.25, 0.3) is 5.22 Å². The zero-order chi connectivity index (χ0) is 20.1. The van der Waals surface area contributed by atoms with Gasteiger partial charge in [0.15, 0.2) is 0 Å². The molecule has 0 radical (unpaired) electrons. The zero-order valence-electron chi connectivity index (χ0n) is 15.0. The van der Waals surface area contributed by atoms with Crippen LogP contribution in [0.2, 0.25) is 0 Å². The Morgan fingerprint density at radius 2 is 2.21 bits per heavy atom. The maximum Gasteiger partial charge on any atom is 0.324 e. The van der Waals surface area contributed by atoms with Gasteiger partial charge in [0, 0.05) is 31.6 Å². The largest absolute Gasteiger partial charge is 0.416 e. The average molecular weight is 407 g/mol. The van der Waals surface area contributed by atoms with Crippen LogP contribution in [0.25, 0.3) is 0 Å². The summed E-state index contributed by atoms with van der Waals surface area (Å²) in [6.07, 6.45) is 0.598. The van der Waals surface area contributed by atoms with Crippen LogP contribution in [-0.4, -0.2) is 51.8 Å². The summed E-state index contributed by atoms with van der Waals surface area (Å²) in [7, 11) is 0. The third kappa shape index (κ3) is 5.28. The summed E-state index contributed by atoms with van der Waals surface area (Å²) in [5.41, 5.74) is 0.873. The molecule has 4 amide bonds. The van der Waals surface area contributed by atoms with E-state index in [0.29, 0.717) is 36.7 Å². The molecule has 3 rings (SSSR count). The third-order valence-corrected chi connectivity index (χ3v) is 4.79. The number of benzene rings is 1. The Bertz CT molecular complexity index is 903. The summed E-state index contributed by atoms with van der Waals surface area (Å²) in [5, 5.41) is 12.8. The number of carbonyl (C=O) groups excluding carboxylic acids is 3. The fraction of sp³-hybridized carbons (Fsp3) is 0.353. The van der Waals surface area contributed by atoms with Crippen LogP contribution >= 0.6 is 11.8 Å². The molecule has 2 N–H and O–H groups in total. The second-order valence-corrected chi connectivity index (χ2v) is 7.03. The molecule has 1 aromatic carbocycles. The number of hydrogen-bond acceptors (Lipinski definition) is 7. The lowest BCUT2D eigenvalue weighted by molar-refractivity contribution is -0.121. The lowest BCUT2D eigenvalue weighted by Crippen LogP contribution is -2.49. The topological polar surface area (TPSA) is 117 Å². The van der Waals surface area contributed by atoms with Crippen molar-refractivity contribution in [1.29, 1.82) is 0 Å². The van der Waals surface area contributed by atoms with Crippen molar-refractivity contribution in [3.05, 3.63) is 35.5 Å². The summed E-state index contributed by atoms with van der Waals surface area (Å²) < 4.78 is 18.9. The van der Waals surface area contributed by atoms with E-state index in [0.717, 1.165) is 11.8 Å². The number of thioether (sulfide) groups is 1. The standard InChI is InChI=1S/C17H18FN5O4S/c1-10-2-3-11(8-12(10)18)19-14(25)9-28-17-22-21-15(27-17)5-7-23-6-4-13(24)20-16(23)26/h2-3,8H,4-7,9H2,1H3,(H,19,25)(H,20,24,26). The van der Waals surface area contributed by atoms with Crippen molar-refractivity contribution < 1.29 is 23.2 Å². The van der Waals surface area contributed by atoms with Gasteiger partial charge in [-0.25, -0.2) is 9.18 Å². The second-order valence-electron chi connectivity index (χ2n) is 6.10. The van der Waals surface area contributed by atoms with Gasteiger partial charge in [-0.2, -0.15) is 0 Å². The average Bonchev–Trinajstić information content (AvgIpc) is 3.10. The number of carbonyl (C=O) groups is 3. The number of halogens is 1. The molecule has 1 aromatic heterocycles. The Balaban J connectivity index is 1.44. The Hall–Kier alpha value is -2.95. The van der Waals surface area contributed by atoms with Crippen LogP contribution in [0.3, 0.4) is 0 Å². The molecule has 9 nitrogen and oxygen atoms in total. The van der Waals surface area contributed by atoms with E-state index in [1.807, 2.05) is 0 Å². The maximum absolute atomic E-state index is 13.5. The Morgan fingerprint density at radius 1 is 1.39 bits per heavy atom. The summed E-state index contributed by atoms with van der Waals surface area (Å²) in [6.45, 7) is 2.33. The molecule has 0 aliphatic carbocycles. The molecule has 2 aromatic rings. The maximum atomic E-state index is 13.5. The van der Waals surface area contributed by atoms with Gasteiger partial charge in [-0.1, -0.05) is 17.8 Å². The fourth-order valence-electron chi connectivity index (χ4n) is 2.44. The molecule has 1 aliphatic heterocycles.